The molecule has 2 aromatic rings. The summed E-state index contributed by atoms with van der Waals surface area (Å²) < 4.78 is 0. The molecule has 0 fully saturated rings. The van der Waals surface area contributed by atoms with Crippen molar-refractivity contribution in [3.05, 3.63) is 51.9 Å². The lowest BCUT2D eigenvalue weighted by molar-refractivity contribution is -0.370. The standard InChI is InChI=1S/C14H14N2OS/c1-10-8-11(2)15-13(9-10)16-14(17)6-5-12-4-3-7-18-12/h3-9H,1-2H3,(H,15,16,17)/p+1. The highest BCUT2D eigenvalue weighted by atomic mass is 32.1. The maximum Gasteiger partial charge on any atom is 0.331 e. The van der Waals surface area contributed by atoms with Crippen molar-refractivity contribution in [2.45, 2.75) is 13.8 Å². The minimum Gasteiger partial charge on any atom is -0.245 e. The van der Waals surface area contributed by atoms with Gasteiger partial charge in [-0.1, -0.05) is 6.07 Å². The van der Waals surface area contributed by atoms with Gasteiger partial charge in [0.1, 0.15) is 0 Å². The number of carbonyl (C=O) groups excluding carboxylic acids is 1. The van der Waals surface area contributed by atoms with Crippen molar-refractivity contribution in [1.82, 2.24) is 0 Å². The second kappa shape index (κ2) is 5.60. The lowest BCUT2D eigenvalue weighted by Gasteiger charge is -1.97. The van der Waals surface area contributed by atoms with Crippen LogP contribution in [-0.4, -0.2) is 5.91 Å². The molecule has 0 unspecified atom stereocenters. The zero-order valence-electron chi connectivity index (χ0n) is 10.4. The summed E-state index contributed by atoms with van der Waals surface area (Å²) in [4.78, 5) is 15.9. The van der Waals surface area contributed by atoms with Gasteiger partial charge in [-0.05, 0) is 43.0 Å². The highest BCUT2D eigenvalue weighted by Gasteiger charge is 2.07. The molecule has 1 amide bonds. The largest absolute Gasteiger partial charge is 0.331 e. The topological polar surface area (TPSA) is 43.2 Å². The maximum absolute atomic E-state index is 11.7. The summed E-state index contributed by atoms with van der Waals surface area (Å²) in [6, 6.07) is 7.86. The summed E-state index contributed by atoms with van der Waals surface area (Å²) in [5.41, 5.74) is 2.14. The van der Waals surface area contributed by atoms with E-state index in [1.807, 2.05) is 49.6 Å². The molecule has 2 rings (SSSR count). The summed E-state index contributed by atoms with van der Waals surface area (Å²) in [7, 11) is 0. The fraction of sp³-hybridized carbons (Fsp3) is 0.143. The quantitative estimate of drug-likeness (QED) is 0.846. The van der Waals surface area contributed by atoms with Crippen molar-refractivity contribution in [2.24, 2.45) is 0 Å². The van der Waals surface area contributed by atoms with Gasteiger partial charge < -0.3 is 0 Å². The number of thiophene rings is 1. The average Bonchev–Trinajstić information content (AvgIpc) is 2.77. The minimum atomic E-state index is -0.135. The van der Waals surface area contributed by atoms with Crippen molar-refractivity contribution in [2.75, 3.05) is 5.32 Å². The fourth-order valence-electron chi connectivity index (χ4n) is 1.68. The van der Waals surface area contributed by atoms with E-state index in [2.05, 4.69) is 10.3 Å². The molecular weight excluding hydrogens is 244 g/mol. The van der Waals surface area contributed by atoms with Crippen LogP contribution in [0, 0.1) is 13.8 Å². The van der Waals surface area contributed by atoms with Crippen molar-refractivity contribution in [3.8, 4) is 0 Å². The average molecular weight is 259 g/mol. The predicted octanol–water partition coefficient (Wildman–Crippen LogP) is 2.83. The zero-order chi connectivity index (χ0) is 13.0. The van der Waals surface area contributed by atoms with Crippen LogP contribution in [0.1, 0.15) is 16.1 Å². The van der Waals surface area contributed by atoms with Crippen LogP contribution in [-0.2, 0) is 4.79 Å². The number of amides is 1. The second-order valence-corrected chi connectivity index (χ2v) is 5.07. The Morgan fingerprint density at radius 2 is 2.22 bits per heavy atom. The van der Waals surface area contributed by atoms with Crippen LogP contribution in [0.25, 0.3) is 6.08 Å². The summed E-state index contributed by atoms with van der Waals surface area (Å²) in [5.74, 6) is 0.581. The number of nitrogens with one attached hydrogen (secondary N) is 2. The molecule has 0 saturated heterocycles. The zero-order valence-corrected chi connectivity index (χ0v) is 11.2. The molecule has 0 atom stereocenters. The molecule has 2 aromatic heterocycles. The fourth-order valence-corrected chi connectivity index (χ4v) is 2.30. The van der Waals surface area contributed by atoms with Gasteiger partial charge in [-0.25, -0.2) is 15.1 Å². The molecule has 0 spiro atoms. The summed E-state index contributed by atoms with van der Waals surface area (Å²) in [5, 5.41) is 4.79. The summed E-state index contributed by atoms with van der Waals surface area (Å²) >= 11 is 1.60. The number of aromatic nitrogens is 1. The SMILES string of the molecule is Cc1cc(C)[nH+]c(NC(=O)C=Cc2cccs2)c1. The van der Waals surface area contributed by atoms with Crippen molar-refractivity contribution >= 4 is 29.1 Å². The van der Waals surface area contributed by atoms with E-state index in [4.69, 9.17) is 0 Å². The highest BCUT2D eigenvalue weighted by Crippen LogP contribution is 2.10. The first-order chi connectivity index (χ1) is 8.63. The van der Waals surface area contributed by atoms with Gasteiger partial charge in [0.2, 0.25) is 0 Å². The van der Waals surface area contributed by atoms with E-state index in [9.17, 15) is 4.79 Å². The van der Waals surface area contributed by atoms with Crippen LogP contribution in [0.5, 0.6) is 0 Å². The number of aryl methyl sites for hydroxylation is 2. The number of hydrogen-bond donors (Lipinski definition) is 1. The molecule has 4 heteroatoms. The Balaban J connectivity index is 2.03. The third kappa shape index (κ3) is 3.53. The van der Waals surface area contributed by atoms with Crippen LogP contribution in [0.2, 0.25) is 0 Å². The Labute approximate surface area is 110 Å². The van der Waals surface area contributed by atoms with Gasteiger partial charge in [-0.15, -0.1) is 11.3 Å². The van der Waals surface area contributed by atoms with Gasteiger partial charge in [0.25, 0.3) is 5.82 Å². The first kappa shape index (κ1) is 12.5. The predicted molar refractivity (Wildman–Crippen MR) is 74.5 cm³/mol. The number of hydrogen-bond acceptors (Lipinski definition) is 2. The van der Waals surface area contributed by atoms with Gasteiger partial charge in [0.05, 0.1) is 5.69 Å². The van der Waals surface area contributed by atoms with Gasteiger partial charge in [0, 0.05) is 17.0 Å². The molecule has 0 radical (unpaired) electrons. The highest BCUT2D eigenvalue weighted by molar-refractivity contribution is 7.10. The first-order valence-electron chi connectivity index (χ1n) is 5.66. The van der Waals surface area contributed by atoms with Gasteiger partial charge in [-0.3, -0.25) is 0 Å². The summed E-state index contributed by atoms with van der Waals surface area (Å²) in [6.45, 7) is 3.96. The van der Waals surface area contributed by atoms with Gasteiger partial charge in [-0.2, -0.15) is 0 Å². The number of aromatic amines is 1. The third-order valence-corrected chi connectivity index (χ3v) is 3.19. The van der Waals surface area contributed by atoms with E-state index in [1.165, 1.54) is 6.08 Å². The Bertz CT molecular complexity index is 553. The molecule has 3 nitrogen and oxygen atoms in total. The van der Waals surface area contributed by atoms with Crippen LogP contribution in [0.4, 0.5) is 5.82 Å². The Hall–Kier alpha value is -1.94. The van der Waals surface area contributed by atoms with Crippen molar-refractivity contribution in [3.63, 3.8) is 0 Å². The van der Waals surface area contributed by atoms with Crippen LogP contribution < -0.4 is 10.3 Å². The number of carbonyl (C=O) groups is 1. The molecule has 0 aliphatic rings. The molecule has 0 saturated carbocycles. The van der Waals surface area contributed by atoms with Gasteiger partial charge in [0.15, 0.2) is 0 Å². The van der Waals surface area contributed by atoms with Gasteiger partial charge >= 0.3 is 5.91 Å². The Morgan fingerprint density at radius 1 is 1.39 bits per heavy atom. The Morgan fingerprint density at radius 3 is 2.89 bits per heavy atom. The van der Waals surface area contributed by atoms with Crippen LogP contribution in [0.15, 0.2) is 35.7 Å². The maximum atomic E-state index is 11.7. The molecule has 18 heavy (non-hydrogen) atoms. The number of anilines is 1. The van der Waals surface area contributed by atoms with E-state index in [1.54, 1.807) is 11.3 Å². The monoisotopic (exact) mass is 259 g/mol. The molecular formula is C14H15N2OS+. The van der Waals surface area contributed by atoms with E-state index >= 15 is 0 Å². The second-order valence-electron chi connectivity index (χ2n) is 4.09. The van der Waals surface area contributed by atoms with Crippen LogP contribution >= 0.6 is 11.3 Å². The van der Waals surface area contributed by atoms with E-state index in [-0.39, 0.29) is 5.91 Å². The minimum absolute atomic E-state index is 0.135. The molecule has 2 N–H and O–H groups in total. The lowest BCUT2D eigenvalue weighted by Crippen LogP contribution is -2.19. The molecule has 2 heterocycles. The Kier molecular flexibility index (Phi) is 3.89. The summed E-state index contributed by atoms with van der Waals surface area (Å²) in [6.07, 6.45) is 3.35. The number of rotatable bonds is 3. The van der Waals surface area contributed by atoms with Crippen molar-refractivity contribution in [1.29, 1.82) is 0 Å². The molecule has 92 valence electrons. The number of pyridine rings is 1. The van der Waals surface area contributed by atoms with E-state index in [0.717, 1.165) is 16.1 Å². The smallest absolute Gasteiger partial charge is 0.245 e. The van der Waals surface area contributed by atoms with Crippen LogP contribution in [0.3, 0.4) is 0 Å². The normalized spacial score (nSPS) is 10.8. The van der Waals surface area contributed by atoms with E-state index < -0.39 is 0 Å². The van der Waals surface area contributed by atoms with Crippen molar-refractivity contribution < 1.29 is 9.78 Å². The lowest BCUT2D eigenvalue weighted by atomic mass is 10.2. The first-order valence-corrected chi connectivity index (χ1v) is 6.54. The molecule has 0 aromatic carbocycles. The molecule has 0 aliphatic heterocycles. The third-order valence-electron chi connectivity index (χ3n) is 2.35. The number of H-pyrrole nitrogens is 1. The molecule has 0 bridgehead atoms. The van der Waals surface area contributed by atoms with E-state index in [0.29, 0.717) is 5.82 Å². The molecule has 0 aliphatic carbocycles.